The van der Waals surface area contributed by atoms with Crippen molar-refractivity contribution < 1.29 is 0 Å². The highest BCUT2D eigenvalue weighted by atomic mass is 15.0. The summed E-state index contributed by atoms with van der Waals surface area (Å²) in [5.41, 5.74) is 9.78. The van der Waals surface area contributed by atoms with E-state index in [-0.39, 0.29) is 0 Å². The molecular formula is C44H28N2. The molecule has 10 aromatic rings. The Morgan fingerprint density at radius 3 is 1.26 bits per heavy atom. The van der Waals surface area contributed by atoms with E-state index in [1.165, 1.54) is 87.7 Å². The van der Waals surface area contributed by atoms with Crippen LogP contribution in [0.25, 0.3) is 87.7 Å². The van der Waals surface area contributed by atoms with E-state index in [0.717, 1.165) is 0 Å². The molecule has 0 unspecified atom stereocenters. The predicted molar refractivity (Wildman–Crippen MR) is 196 cm³/mol. The monoisotopic (exact) mass is 584 g/mol. The average molecular weight is 585 g/mol. The van der Waals surface area contributed by atoms with Gasteiger partial charge in [0.15, 0.2) is 0 Å². The van der Waals surface area contributed by atoms with Gasteiger partial charge in [0.05, 0.1) is 27.8 Å². The summed E-state index contributed by atoms with van der Waals surface area (Å²) in [6.45, 7) is 0. The van der Waals surface area contributed by atoms with Gasteiger partial charge in [-0.2, -0.15) is 0 Å². The lowest BCUT2D eigenvalue weighted by atomic mass is 9.90. The smallest absolute Gasteiger partial charge is 0.0619 e. The molecule has 0 aliphatic rings. The Labute approximate surface area is 266 Å². The molecule has 2 aromatic heterocycles. The third-order valence-electron chi connectivity index (χ3n) is 9.67. The second-order valence-electron chi connectivity index (χ2n) is 12.1. The van der Waals surface area contributed by atoms with Crippen molar-refractivity contribution in [3.05, 3.63) is 170 Å². The topological polar surface area (TPSA) is 9.86 Å². The van der Waals surface area contributed by atoms with Crippen LogP contribution in [0.15, 0.2) is 170 Å². The third-order valence-corrected chi connectivity index (χ3v) is 9.67. The molecule has 0 fully saturated rings. The Morgan fingerprint density at radius 1 is 0.283 bits per heavy atom. The van der Waals surface area contributed by atoms with Crippen LogP contribution in [-0.2, 0) is 0 Å². The van der Waals surface area contributed by atoms with Gasteiger partial charge in [-0.3, -0.25) is 0 Å². The molecule has 214 valence electrons. The highest BCUT2D eigenvalue weighted by Gasteiger charge is 2.22. The average Bonchev–Trinajstić information content (AvgIpc) is 3.62. The lowest BCUT2D eigenvalue weighted by molar-refractivity contribution is 1.18. The molecule has 8 aromatic carbocycles. The van der Waals surface area contributed by atoms with Crippen LogP contribution in [0.1, 0.15) is 0 Å². The predicted octanol–water partition coefficient (Wildman–Crippen LogP) is 11.9. The van der Waals surface area contributed by atoms with Gasteiger partial charge in [-0.15, -0.1) is 0 Å². The van der Waals surface area contributed by atoms with Crippen LogP contribution >= 0.6 is 0 Å². The van der Waals surface area contributed by atoms with E-state index in [0.29, 0.717) is 0 Å². The van der Waals surface area contributed by atoms with Crippen LogP contribution in [0.4, 0.5) is 0 Å². The fraction of sp³-hybridized carbons (Fsp3) is 0. The molecule has 2 heteroatoms. The number of hydrogen-bond acceptors (Lipinski definition) is 0. The first-order valence-corrected chi connectivity index (χ1v) is 15.9. The zero-order valence-electron chi connectivity index (χ0n) is 25.1. The maximum atomic E-state index is 2.53. The van der Waals surface area contributed by atoms with Crippen LogP contribution in [0.2, 0.25) is 0 Å². The standard InChI is InChI=1S/C44H28N2/c1-3-15-29(16-4-1)43-33-21-7-9-23-35(33)44(36-24-10-8-22-34(36)43)46-40-26-14-12-20-32(40)38-27-41-37(28-42(38)46)31-19-11-13-25-39(31)45(41)30-17-5-2-6-18-30/h1-28H. The fourth-order valence-corrected chi connectivity index (χ4v) is 7.79. The molecule has 0 radical (unpaired) electrons. The van der Waals surface area contributed by atoms with Gasteiger partial charge >= 0.3 is 0 Å². The number of nitrogens with zero attached hydrogens (tertiary/aromatic N) is 2. The van der Waals surface area contributed by atoms with E-state index in [1.807, 2.05) is 0 Å². The van der Waals surface area contributed by atoms with Crippen LogP contribution in [0, 0.1) is 0 Å². The summed E-state index contributed by atoms with van der Waals surface area (Å²) >= 11 is 0. The van der Waals surface area contributed by atoms with Crippen molar-refractivity contribution in [1.29, 1.82) is 0 Å². The summed E-state index contributed by atoms with van der Waals surface area (Å²) < 4.78 is 4.94. The quantitative estimate of drug-likeness (QED) is 0.183. The first-order chi connectivity index (χ1) is 22.9. The van der Waals surface area contributed by atoms with Gasteiger partial charge < -0.3 is 9.13 Å². The number of fused-ring (bicyclic) bond motifs is 8. The van der Waals surface area contributed by atoms with E-state index < -0.39 is 0 Å². The minimum Gasteiger partial charge on any atom is -0.309 e. The van der Waals surface area contributed by atoms with Gasteiger partial charge in [-0.25, -0.2) is 0 Å². The summed E-state index contributed by atoms with van der Waals surface area (Å²) in [7, 11) is 0. The van der Waals surface area contributed by atoms with Crippen LogP contribution in [0.5, 0.6) is 0 Å². The van der Waals surface area contributed by atoms with Crippen LogP contribution in [0.3, 0.4) is 0 Å². The van der Waals surface area contributed by atoms with Crippen molar-refractivity contribution in [3.63, 3.8) is 0 Å². The molecule has 0 aliphatic carbocycles. The molecule has 0 amide bonds. The molecule has 10 rings (SSSR count). The SMILES string of the molecule is c1ccc(-c2c3ccccc3c(-n3c4ccccc4c4cc5c(cc43)c3ccccc3n5-c3ccccc3)c3ccccc23)cc1. The largest absolute Gasteiger partial charge is 0.309 e. The van der Waals surface area contributed by atoms with Crippen molar-refractivity contribution in [2.75, 3.05) is 0 Å². The molecule has 0 bridgehead atoms. The minimum absolute atomic E-state index is 1.17. The van der Waals surface area contributed by atoms with Gasteiger partial charge in [-0.1, -0.05) is 133 Å². The Morgan fingerprint density at radius 2 is 0.696 bits per heavy atom. The van der Waals surface area contributed by atoms with Crippen LogP contribution in [-0.4, -0.2) is 9.13 Å². The summed E-state index contributed by atoms with van der Waals surface area (Å²) in [5.74, 6) is 0. The number of rotatable bonds is 3. The van der Waals surface area contributed by atoms with Crippen molar-refractivity contribution in [3.8, 4) is 22.5 Å². The molecule has 0 spiro atoms. The van der Waals surface area contributed by atoms with Gasteiger partial charge in [0.25, 0.3) is 0 Å². The highest BCUT2D eigenvalue weighted by molar-refractivity contribution is 6.23. The number of para-hydroxylation sites is 3. The first-order valence-electron chi connectivity index (χ1n) is 15.9. The summed E-state index contributed by atoms with van der Waals surface area (Å²) in [5, 5.41) is 10.0. The molecule has 0 aliphatic heterocycles. The zero-order chi connectivity index (χ0) is 30.2. The van der Waals surface area contributed by atoms with E-state index in [2.05, 4.69) is 179 Å². The molecule has 0 saturated heterocycles. The van der Waals surface area contributed by atoms with Crippen molar-refractivity contribution in [1.82, 2.24) is 9.13 Å². The number of aromatic nitrogens is 2. The third kappa shape index (κ3) is 3.47. The van der Waals surface area contributed by atoms with Crippen molar-refractivity contribution in [2.45, 2.75) is 0 Å². The molecular weight excluding hydrogens is 556 g/mol. The number of benzene rings is 8. The number of hydrogen-bond donors (Lipinski definition) is 0. The van der Waals surface area contributed by atoms with Crippen molar-refractivity contribution >= 4 is 65.2 Å². The maximum absolute atomic E-state index is 2.53. The normalized spacial score (nSPS) is 11.9. The Kier molecular flexibility index (Phi) is 5.31. The first kappa shape index (κ1) is 25.2. The molecule has 2 nitrogen and oxygen atoms in total. The second kappa shape index (κ2) is 9.69. The lowest BCUT2D eigenvalue weighted by Gasteiger charge is -2.19. The lowest BCUT2D eigenvalue weighted by Crippen LogP contribution is -1.99. The maximum Gasteiger partial charge on any atom is 0.0619 e. The Balaban J connectivity index is 1.41. The molecule has 2 heterocycles. The van der Waals surface area contributed by atoms with E-state index in [9.17, 15) is 0 Å². The van der Waals surface area contributed by atoms with E-state index in [1.54, 1.807) is 0 Å². The summed E-state index contributed by atoms with van der Waals surface area (Å²) in [4.78, 5) is 0. The molecule has 0 atom stereocenters. The second-order valence-corrected chi connectivity index (χ2v) is 12.1. The molecule has 0 saturated carbocycles. The van der Waals surface area contributed by atoms with Gasteiger partial charge in [-0.05, 0) is 58.3 Å². The van der Waals surface area contributed by atoms with Gasteiger partial charge in [0, 0.05) is 38.0 Å². The Hall–Kier alpha value is -6.12. The van der Waals surface area contributed by atoms with E-state index >= 15 is 0 Å². The Bertz CT molecular complexity index is 2730. The van der Waals surface area contributed by atoms with Crippen LogP contribution < -0.4 is 0 Å². The zero-order valence-corrected chi connectivity index (χ0v) is 25.1. The van der Waals surface area contributed by atoms with Gasteiger partial charge in [0.1, 0.15) is 0 Å². The minimum atomic E-state index is 1.17. The van der Waals surface area contributed by atoms with Gasteiger partial charge in [0.2, 0.25) is 0 Å². The van der Waals surface area contributed by atoms with Crippen molar-refractivity contribution in [2.24, 2.45) is 0 Å². The summed E-state index contributed by atoms with van der Waals surface area (Å²) in [6, 6.07) is 61.9. The molecule has 46 heavy (non-hydrogen) atoms. The molecule has 0 N–H and O–H groups in total. The fourth-order valence-electron chi connectivity index (χ4n) is 7.79. The summed E-state index contributed by atoms with van der Waals surface area (Å²) in [6.07, 6.45) is 0. The highest BCUT2D eigenvalue weighted by Crippen LogP contribution is 2.45. The van der Waals surface area contributed by atoms with E-state index in [4.69, 9.17) is 0 Å².